The molecule has 0 unspecified atom stereocenters. The zero-order valence-corrected chi connectivity index (χ0v) is 10.6. The highest BCUT2D eigenvalue weighted by molar-refractivity contribution is 9.09. The summed E-state index contributed by atoms with van der Waals surface area (Å²) in [6.45, 7) is 0. The maximum atomic E-state index is 11.3. The molecule has 1 aromatic carbocycles. The number of aliphatic carboxylic acids is 2. The second-order valence-electron chi connectivity index (χ2n) is 3.26. The first-order valence-electron chi connectivity index (χ1n) is 4.77. The topological polar surface area (TPSA) is 101 Å². The first-order chi connectivity index (χ1) is 8.45. The Kier molecular flexibility index (Phi) is 4.85. The molecule has 18 heavy (non-hydrogen) atoms. The molecule has 0 aromatic heterocycles. The van der Waals surface area contributed by atoms with Gasteiger partial charge in [0.15, 0.2) is 5.78 Å². The minimum absolute atomic E-state index is 0.0657. The van der Waals surface area contributed by atoms with Gasteiger partial charge in [-0.25, -0.2) is 9.59 Å². The lowest BCUT2D eigenvalue weighted by Gasteiger charge is -2.10. The molecule has 0 radical (unpaired) electrons. The van der Waals surface area contributed by atoms with E-state index in [0.29, 0.717) is 5.56 Å². The van der Waals surface area contributed by atoms with E-state index < -0.39 is 18.0 Å². The summed E-state index contributed by atoms with van der Waals surface area (Å²) in [6, 6.07) is 5.54. The Hall–Kier alpha value is -1.89. The smallest absolute Gasteiger partial charge is 0.356 e. The summed E-state index contributed by atoms with van der Waals surface area (Å²) in [5, 5.41) is 17.4. The minimum atomic E-state index is -1.97. The third-order valence-electron chi connectivity index (χ3n) is 2.00. The molecule has 0 aliphatic rings. The first-order valence-corrected chi connectivity index (χ1v) is 5.89. The van der Waals surface area contributed by atoms with Crippen LogP contribution in [0.15, 0.2) is 24.3 Å². The number of carboxylic acids is 2. The molecule has 2 N–H and O–H groups in total. The number of alkyl halides is 1. The van der Waals surface area contributed by atoms with Crippen molar-refractivity contribution in [3.05, 3.63) is 29.8 Å². The fraction of sp³-hybridized carbons (Fsp3) is 0.182. The van der Waals surface area contributed by atoms with E-state index in [4.69, 9.17) is 14.9 Å². The summed E-state index contributed by atoms with van der Waals surface area (Å²) in [6.07, 6.45) is -1.97. The van der Waals surface area contributed by atoms with Crippen LogP contribution in [0.25, 0.3) is 0 Å². The largest absolute Gasteiger partial charge is 0.478 e. The van der Waals surface area contributed by atoms with Crippen molar-refractivity contribution in [2.24, 2.45) is 0 Å². The number of rotatable bonds is 6. The number of carbonyl (C=O) groups excluding carboxylic acids is 1. The van der Waals surface area contributed by atoms with Crippen molar-refractivity contribution in [3.63, 3.8) is 0 Å². The molecule has 0 saturated carbocycles. The average molecular weight is 317 g/mol. The normalized spacial score (nSPS) is 10.1. The number of ether oxygens (including phenoxy) is 1. The second-order valence-corrected chi connectivity index (χ2v) is 3.82. The Morgan fingerprint density at radius 1 is 1.11 bits per heavy atom. The number of carbonyl (C=O) groups is 3. The van der Waals surface area contributed by atoms with Gasteiger partial charge in [0.2, 0.25) is 0 Å². The molecule has 0 fully saturated rings. The lowest BCUT2D eigenvalue weighted by atomic mass is 10.1. The number of carboxylic acid groups (broad SMARTS) is 2. The van der Waals surface area contributed by atoms with Gasteiger partial charge in [0.05, 0.1) is 5.33 Å². The van der Waals surface area contributed by atoms with Crippen molar-refractivity contribution in [3.8, 4) is 5.75 Å². The van der Waals surface area contributed by atoms with Gasteiger partial charge in [-0.15, -0.1) is 0 Å². The van der Waals surface area contributed by atoms with Crippen molar-refractivity contribution in [2.45, 2.75) is 6.10 Å². The average Bonchev–Trinajstić information content (AvgIpc) is 2.35. The van der Waals surface area contributed by atoms with Crippen molar-refractivity contribution in [1.82, 2.24) is 0 Å². The fourth-order valence-electron chi connectivity index (χ4n) is 1.14. The Balaban J connectivity index is 2.83. The lowest BCUT2D eigenvalue weighted by Crippen LogP contribution is -2.35. The van der Waals surface area contributed by atoms with Gasteiger partial charge in [-0.05, 0) is 24.3 Å². The number of halogens is 1. The van der Waals surface area contributed by atoms with Crippen molar-refractivity contribution < 1.29 is 29.3 Å². The minimum Gasteiger partial charge on any atom is -0.478 e. The molecule has 1 aromatic rings. The molecule has 0 amide bonds. The Morgan fingerprint density at radius 3 is 2.00 bits per heavy atom. The molecule has 7 heteroatoms. The van der Waals surface area contributed by atoms with Gasteiger partial charge in [-0.1, -0.05) is 15.9 Å². The van der Waals surface area contributed by atoms with Gasteiger partial charge in [0.25, 0.3) is 6.10 Å². The summed E-state index contributed by atoms with van der Waals surface area (Å²) >= 11 is 3.01. The third-order valence-corrected chi connectivity index (χ3v) is 2.51. The molecule has 0 atom stereocenters. The van der Waals surface area contributed by atoms with E-state index in [1.54, 1.807) is 0 Å². The van der Waals surface area contributed by atoms with Crippen LogP contribution in [0.5, 0.6) is 5.75 Å². The molecule has 0 aliphatic heterocycles. The van der Waals surface area contributed by atoms with E-state index in [0.717, 1.165) is 0 Å². The molecular weight excluding hydrogens is 308 g/mol. The van der Waals surface area contributed by atoms with E-state index in [2.05, 4.69) is 15.9 Å². The monoisotopic (exact) mass is 316 g/mol. The van der Waals surface area contributed by atoms with Crippen molar-refractivity contribution in [2.75, 3.05) is 5.33 Å². The van der Waals surface area contributed by atoms with Crippen LogP contribution in [0, 0.1) is 0 Å². The van der Waals surface area contributed by atoms with E-state index in [1.165, 1.54) is 24.3 Å². The predicted molar refractivity (Wildman–Crippen MR) is 64.3 cm³/mol. The number of ketones is 1. The van der Waals surface area contributed by atoms with Crippen LogP contribution in [-0.2, 0) is 9.59 Å². The van der Waals surface area contributed by atoms with E-state index >= 15 is 0 Å². The van der Waals surface area contributed by atoms with Crippen LogP contribution in [0.4, 0.5) is 0 Å². The molecule has 0 saturated heterocycles. The standard InChI is InChI=1S/C11H9BrO6/c12-5-8(13)6-1-3-7(4-2-6)18-9(10(14)15)11(16)17/h1-4,9H,5H2,(H,14,15)(H,16,17). The highest BCUT2D eigenvalue weighted by atomic mass is 79.9. The zero-order chi connectivity index (χ0) is 13.7. The maximum Gasteiger partial charge on any atom is 0.356 e. The van der Waals surface area contributed by atoms with E-state index in [9.17, 15) is 14.4 Å². The molecule has 0 aliphatic carbocycles. The van der Waals surface area contributed by atoms with E-state index in [1.807, 2.05) is 0 Å². The van der Waals surface area contributed by atoms with E-state index in [-0.39, 0.29) is 16.9 Å². The van der Waals surface area contributed by atoms with Gasteiger partial charge in [-0.2, -0.15) is 0 Å². The summed E-state index contributed by atoms with van der Waals surface area (Å²) in [5.41, 5.74) is 0.418. The van der Waals surface area contributed by atoms with Crippen LogP contribution in [0.1, 0.15) is 10.4 Å². The Morgan fingerprint density at radius 2 is 1.61 bits per heavy atom. The number of Topliss-reactive ketones (excluding diaryl/α,β-unsaturated/α-hetero) is 1. The van der Waals surface area contributed by atoms with Crippen LogP contribution in [0.2, 0.25) is 0 Å². The second kappa shape index (κ2) is 6.15. The van der Waals surface area contributed by atoms with Crippen molar-refractivity contribution >= 4 is 33.7 Å². The summed E-state index contributed by atoms with van der Waals surface area (Å²) < 4.78 is 4.78. The van der Waals surface area contributed by atoms with Gasteiger partial charge >= 0.3 is 11.9 Å². The number of benzene rings is 1. The molecule has 0 bridgehead atoms. The molecule has 6 nitrogen and oxygen atoms in total. The summed E-state index contributed by atoms with van der Waals surface area (Å²) in [7, 11) is 0. The molecular formula is C11H9BrO6. The van der Waals surface area contributed by atoms with Gasteiger partial charge in [-0.3, -0.25) is 4.79 Å². The van der Waals surface area contributed by atoms with Crippen LogP contribution in [-0.4, -0.2) is 39.4 Å². The highest BCUT2D eigenvalue weighted by Gasteiger charge is 2.27. The zero-order valence-electron chi connectivity index (χ0n) is 9.00. The number of hydrogen-bond acceptors (Lipinski definition) is 4. The third kappa shape index (κ3) is 3.56. The van der Waals surface area contributed by atoms with Gasteiger partial charge < -0.3 is 14.9 Å². The summed E-state index contributed by atoms with van der Waals surface area (Å²) in [4.78, 5) is 32.5. The number of hydrogen-bond donors (Lipinski definition) is 2. The molecule has 1 rings (SSSR count). The maximum absolute atomic E-state index is 11.3. The van der Waals surface area contributed by atoms with Crippen LogP contribution >= 0.6 is 15.9 Å². The lowest BCUT2D eigenvalue weighted by molar-refractivity contribution is -0.159. The molecule has 96 valence electrons. The van der Waals surface area contributed by atoms with Crippen LogP contribution in [0.3, 0.4) is 0 Å². The SMILES string of the molecule is O=C(CBr)c1ccc(OC(C(=O)O)C(=O)O)cc1. The van der Waals surface area contributed by atoms with Gasteiger partial charge in [0, 0.05) is 5.56 Å². The predicted octanol–water partition coefficient (Wildman–Crippen LogP) is 1.18. The Labute approximate surface area is 110 Å². The highest BCUT2D eigenvalue weighted by Crippen LogP contribution is 2.15. The Bertz CT molecular complexity index is 453. The van der Waals surface area contributed by atoms with Gasteiger partial charge in [0.1, 0.15) is 5.75 Å². The fourth-order valence-corrected chi connectivity index (χ4v) is 1.46. The molecule has 0 spiro atoms. The van der Waals surface area contributed by atoms with Crippen molar-refractivity contribution in [1.29, 1.82) is 0 Å². The molecule has 0 heterocycles. The first kappa shape index (κ1) is 14.2. The quantitative estimate of drug-likeness (QED) is 0.464. The summed E-state index contributed by atoms with van der Waals surface area (Å²) in [5.74, 6) is -3.27. The van der Waals surface area contributed by atoms with Crippen LogP contribution < -0.4 is 4.74 Å².